The number of anilines is 1. The van der Waals surface area contributed by atoms with Gasteiger partial charge in [0.2, 0.25) is 0 Å². The van der Waals surface area contributed by atoms with E-state index in [9.17, 15) is 15.0 Å². The summed E-state index contributed by atoms with van der Waals surface area (Å²) in [7, 11) is 0. The summed E-state index contributed by atoms with van der Waals surface area (Å²) < 4.78 is 19.2. The molecule has 7 rings (SSSR count). The topological polar surface area (TPSA) is 169 Å². The van der Waals surface area contributed by atoms with E-state index in [1.165, 1.54) is 12.7 Å². The van der Waals surface area contributed by atoms with Crippen molar-refractivity contribution >= 4 is 33.8 Å². The lowest BCUT2D eigenvalue weighted by Crippen LogP contribution is -2.48. The van der Waals surface area contributed by atoms with E-state index in [1.54, 1.807) is 28.8 Å². The fourth-order valence-corrected chi connectivity index (χ4v) is 5.86. The number of aliphatic hydroxyl groups excluding tert-OH is 2. The first-order chi connectivity index (χ1) is 23.6. The van der Waals surface area contributed by atoms with Gasteiger partial charge >= 0.3 is 0 Å². The summed E-state index contributed by atoms with van der Waals surface area (Å²) in [6, 6.07) is 24.1. The minimum atomic E-state index is -1.18. The molecule has 1 fully saturated rings. The Morgan fingerprint density at radius 3 is 2.60 bits per heavy atom. The number of nitrogens with one attached hydrogen (secondary N) is 3. The number of hydrogen-bond donors (Lipinski definition) is 5. The van der Waals surface area contributed by atoms with Crippen molar-refractivity contribution in [3.8, 4) is 11.5 Å². The molecule has 13 heteroatoms. The van der Waals surface area contributed by atoms with E-state index >= 15 is 0 Å². The molecule has 0 unspecified atom stereocenters. The highest BCUT2D eigenvalue weighted by Gasteiger charge is 2.46. The number of H-pyrrole nitrogens is 1. The van der Waals surface area contributed by atoms with Gasteiger partial charge in [-0.2, -0.15) is 0 Å². The van der Waals surface area contributed by atoms with Crippen LogP contribution >= 0.6 is 0 Å². The second-order valence-electron chi connectivity index (χ2n) is 11.5. The maximum atomic E-state index is 12.8. The van der Waals surface area contributed by atoms with Gasteiger partial charge in [-0.1, -0.05) is 48.5 Å². The molecule has 0 radical (unpaired) electrons. The van der Waals surface area contributed by atoms with Gasteiger partial charge in [0.15, 0.2) is 29.8 Å². The number of ether oxygens (including phenoxy) is 3. The summed E-state index contributed by atoms with van der Waals surface area (Å²) in [6.07, 6.45) is 2.64. The summed E-state index contributed by atoms with van der Waals surface area (Å²) in [5, 5.41) is 28.0. The van der Waals surface area contributed by atoms with E-state index in [4.69, 9.17) is 14.2 Å². The molecular formula is C35H35N7O6. The van der Waals surface area contributed by atoms with Crippen LogP contribution in [0.2, 0.25) is 0 Å². The Kier molecular flexibility index (Phi) is 9.14. The van der Waals surface area contributed by atoms with Crippen molar-refractivity contribution in [2.75, 3.05) is 25.1 Å². The van der Waals surface area contributed by atoms with Crippen LogP contribution in [0.1, 0.15) is 17.4 Å². The highest BCUT2D eigenvalue weighted by atomic mass is 16.5. The molecule has 3 aromatic carbocycles. The molecule has 4 atom stereocenters. The van der Waals surface area contributed by atoms with Crippen LogP contribution in [0.5, 0.6) is 11.5 Å². The molecule has 0 spiro atoms. The molecule has 13 nitrogen and oxygen atoms in total. The Bertz CT molecular complexity index is 1980. The molecular weight excluding hydrogens is 614 g/mol. The number of aromatic amines is 1. The van der Waals surface area contributed by atoms with Crippen LogP contribution in [0, 0.1) is 0 Å². The Morgan fingerprint density at radius 2 is 1.79 bits per heavy atom. The Labute approximate surface area is 275 Å². The van der Waals surface area contributed by atoms with Gasteiger partial charge < -0.3 is 40.0 Å². The predicted octanol–water partition coefficient (Wildman–Crippen LogP) is 3.36. The van der Waals surface area contributed by atoms with Crippen LogP contribution in [0.25, 0.3) is 22.1 Å². The maximum Gasteiger partial charge on any atom is 0.258 e. The number of imidazole rings is 1. The zero-order valence-electron chi connectivity index (χ0n) is 25.9. The Hall–Kier alpha value is -5.50. The number of benzene rings is 3. The van der Waals surface area contributed by atoms with Crippen molar-refractivity contribution in [1.29, 1.82) is 0 Å². The third-order valence-corrected chi connectivity index (χ3v) is 8.30. The first-order valence-corrected chi connectivity index (χ1v) is 15.7. The average Bonchev–Trinajstić information content (AvgIpc) is 3.83. The lowest BCUT2D eigenvalue weighted by Gasteiger charge is -2.23. The van der Waals surface area contributed by atoms with Crippen LogP contribution in [0.3, 0.4) is 0 Å². The summed E-state index contributed by atoms with van der Waals surface area (Å²) in [5.41, 5.74) is 4.18. The molecule has 0 saturated carbocycles. The molecule has 48 heavy (non-hydrogen) atoms. The minimum Gasteiger partial charge on any atom is -0.489 e. The Morgan fingerprint density at radius 1 is 0.979 bits per heavy atom. The first-order valence-electron chi connectivity index (χ1n) is 15.7. The normalized spacial score (nSPS) is 19.0. The quantitative estimate of drug-likeness (QED) is 0.125. The molecule has 1 aliphatic rings. The van der Waals surface area contributed by atoms with Crippen molar-refractivity contribution in [3.05, 3.63) is 109 Å². The van der Waals surface area contributed by atoms with Gasteiger partial charge in [0.25, 0.3) is 5.91 Å². The van der Waals surface area contributed by atoms with E-state index in [1.807, 2.05) is 60.8 Å². The maximum absolute atomic E-state index is 12.8. The van der Waals surface area contributed by atoms with Crippen LogP contribution in [0.4, 0.5) is 5.82 Å². The number of nitrogens with zero attached hydrogens (tertiary/aromatic N) is 4. The van der Waals surface area contributed by atoms with Crippen LogP contribution in [-0.2, 0) is 22.6 Å². The summed E-state index contributed by atoms with van der Waals surface area (Å²) in [5.74, 6) is 1.41. The zero-order chi connectivity index (χ0) is 32.9. The van der Waals surface area contributed by atoms with Crippen molar-refractivity contribution in [1.82, 2.24) is 29.8 Å². The van der Waals surface area contributed by atoms with Gasteiger partial charge in [-0.15, -0.1) is 0 Å². The van der Waals surface area contributed by atoms with Gasteiger partial charge in [-0.25, -0.2) is 15.0 Å². The van der Waals surface area contributed by atoms with Crippen molar-refractivity contribution in [2.45, 2.75) is 37.5 Å². The molecule has 246 valence electrons. The molecule has 1 amide bonds. The smallest absolute Gasteiger partial charge is 0.258 e. The molecule has 6 aromatic rings. The third-order valence-electron chi connectivity index (χ3n) is 8.30. The van der Waals surface area contributed by atoms with E-state index < -0.39 is 37.0 Å². The van der Waals surface area contributed by atoms with Crippen LogP contribution in [0.15, 0.2) is 97.7 Å². The number of fused-ring (bicyclic) bond motifs is 2. The lowest BCUT2D eigenvalue weighted by molar-refractivity contribution is -0.125. The lowest BCUT2D eigenvalue weighted by atomic mass is 10.1. The number of carbonyl (C=O) groups is 1. The largest absolute Gasteiger partial charge is 0.489 e. The van der Waals surface area contributed by atoms with Gasteiger partial charge in [0, 0.05) is 23.6 Å². The van der Waals surface area contributed by atoms with Gasteiger partial charge in [-0.3, -0.25) is 9.36 Å². The molecule has 4 heterocycles. The number of carbonyl (C=O) groups excluding carboxylic acids is 1. The molecule has 1 saturated heterocycles. The first kappa shape index (κ1) is 31.1. The minimum absolute atomic E-state index is 0.261. The molecule has 1 aliphatic heterocycles. The number of hydrogen-bond acceptors (Lipinski definition) is 10. The zero-order valence-corrected chi connectivity index (χ0v) is 25.9. The van der Waals surface area contributed by atoms with E-state index in [2.05, 4.69) is 30.6 Å². The molecule has 3 aromatic heterocycles. The van der Waals surface area contributed by atoms with Crippen molar-refractivity contribution in [2.24, 2.45) is 0 Å². The summed E-state index contributed by atoms with van der Waals surface area (Å²) in [4.78, 5) is 29.5. The molecule has 0 aliphatic carbocycles. The summed E-state index contributed by atoms with van der Waals surface area (Å²) in [6.45, 7) is 0.355. The highest BCUT2D eigenvalue weighted by molar-refractivity contribution is 5.85. The average molecular weight is 650 g/mol. The number of amides is 1. The van der Waals surface area contributed by atoms with Crippen LogP contribution in [-0.4, -0.2) is 78.6 Å². The predicted molar refractivity (Wildman–Crippen MR) is 177 cm³/mol. The monoisotopic (exact) mass is 649 g/mol. The van der Waals surface area contributed by atoms with Crippen molar-refractivity contribution < 1.29 is 29.2 Å². The highest BCUT2D eigenvalue weighted by Crippen LogP contribution is 2.32. The second-order valence-corrected chi connectivity index (χ2v) is 11.5. The third kappa shape index (κ3) is 6.65. The van der Waals surface area contributed by atoms with Gasteiger partial charge in [-0.05, 0) is 47.9 Å². The van der Waals surface area contributed by atoms with Crippen molar-refractivity contribution in [3.63, 3.8) is 0 Å². The molecule has 0 bridgehead atoms. The molecule has 5 N–H and O–H groups in total. The SMILES string of the molecule is O=C(COc1ccccc1)N[C@@H]1[C@H](O)[C@@H](CO)O[C@H]1n1cnc2c(NCCc3c[nH]c4ccc(OCc5ccccc5)cc34)ncnc21. The van der Waals surface area contributed by atoms with Gasteiger partial charge in [0.05, 0.1) is 12.9 Å². The van der Waals surface area contributed by atoms with E-state index in [-0.39, 0.29) is 6.61 Å². The fraction of sp³-hybridized carbons (Fsp3) is 0.257. The summed E-state index contributed by atoms with van der Waals surface area (Å²) >= 11 is 0. The number of aliphatic hydroxyl groups is 2. The van der Waals surface area contributed by atoms with Crippen LogP contribution < -0.4 is 20.1 Å². The second kappa shape index (κ2) is 14.1. The number of rotatable bonds is 13. The van der Waals surface area contributed by atoms with E-state index in [0.29, 0.717) is 42.3 Å². The fourth-order valence-electron chi connectivity index (χ4n) is 5.86. The number of aromatic nitrogens is 5. The van der Waals surface area contributed by atoms with E-state index in [0.717, 1.165) is 27.8 Å². The number of para-hydroxylation sites is 1. The standard InChI is InChI=1S/C35H35N7O6/c43-17-28-32(45)30(41-29(44)19-47-24-9-5-2-6-10-24)35(48-28)42-21-40-31-33(38-20-39-34(31)42)36-14-13-23-16-37-27-12-11-25(15-26(23)27)46-18-22-7-3-1-4-8-22/h1-12,15-16,20-21,28,30,32,35,37,43,45H,13-14,17-19H2,(H,41,44)(H,36,38,39)/t28-,30-,32-,35-/m1/s1. The Balaban J connectivity index is 1.03. The van der Waals surface area contributed by atoms with Gasteiger partial charge in [0.1, 0.15) is 42.7 Å².